The smallest absolute Gasteiger partial charge is 0.364 e. The van der Waals surface area contributed by atoms with Crippen LogP contribution in [0.15, 0.2) is 0 Å². The van der Waals surface area contributed by atoms with E-state index in [2.05, 4.69) is 10.6 Å². The summed E-state index contributed by atoms with van der Waals surface area (Å²) in [5.41, 5.74) is 5.86. The second-order valence-electron chi connectivity index (χ2n) is 15.9. The second-order valence-corrected chi connectivity index (χ2v) is 15.9. The molecule has 0 radical (unpaired) electrons. The molecule has 2 amide bonds. The monoisotopic (exact) mass is 937 g/mol. The van der Waals surface area contributed by atoms with E-state index in [-0.39, 0.29) is 0 Å². The number of amides is 2. The fourth-order valence-electron chi connectivity index (χ4n) is 8.18. The Bertz CT molecular complexity index is 1550. The number of hydrogen-bond acceptors (Lipinski definition) is 26. The Morgan fingerprint density at radius 2 is 1.06 bits per heavy atom. The number of carbonyl (C=O) groups excluding carboxylic acids is 2. The molecule has 0 unspecified atom stereocenters. The van der Waals surface area contributed by atoms with Gasteiger partial charge in [0.1, 0.15) is 97.6 Å². The standard InChI is InChI=1S/C35H59N3O26/c1-9(43)37-17-11(45)3-35(34(54)55,63-12(17)4-36)64-29-25(52)33(60-26-15(7-41)56-30(53)23(50)22(26)49)59-16(8-42)27(29)61-31-18(38-10(2)44)28(20(47)14(6-40)57-31)62-32-24(51)21(48)19(46)13(5-39)58-32/h11-33,39-42,45-53H,3-8,36H2,1-2H3,(H,37,43)(H,38,44)(H,54,55)/t11-,12-,13+,14+,15+,16+,17+,18+,19-,20-,21-,22+,23+,24+,25+,26+,27-,28+,29+,30+,31-,32-,33-,35-/m0/s1. The highest BCUT2D eigenvalue weighted by Crippen LogP contribution is 2.40. The Morgan fingerprint density at radius 1 is 0.562 bits per heavy atom. The van der Waals surface area contributed by atoms with Gasteiger partial charge in [-0.25, -0.2) is 4.79 Å². The minimum atomic E-state index is -3.02. The van der Waals surface area contributed by atoms with Crippen molar-refractivity contribution in [1.29, 1.82) is 0 Å². The summed E-state index contributed by atoms with van der Waals surface area (Å²) >= 11 is 0. The molecule has 5 fully saturated rings. The van der Waals surface area contributed by atoms with Crippen molar-refractivity contribution < 1.29 is 129 Å². The molecule has 0 spiro atoms. The number of carbonyl (C=O) groups is 3. The van der Waals surface area contributed by atoms with Crippen LogP contribution in [0.25, 0.3) is 0 Å². The predicted octanol–water partition coefficient (Wildman–Crippen LogP) is -11.2. The number of carboxylic acid groups (broad SMARTS) is 1. The molecule has 0 saturated carbocycles. The summed E-state index contributed by atoms with van der Waals surface area (Å²) < 4.78 is 51.8. The third kappa shape index (κ3) is 10.9. The number of ether oxygens (including phenoxy) is 9. The van der Waals surface area contributed by atoms with Crippen LogP contribution in [0.1, 0.15) is 20.3 Å². The van der Waals surface area contributed by atoms with Gasteiger partial charge in [-0.05, 0) is 0 Å². The molecule has 24 atom stereocenters. The highest BCUT2D eigenvalue weighted by molar-refractivity contribution is 5.76. The summed E-state index contributed by atoms with van der Waals surface area (Å²) in [5, 5.41) is 153. The lowest BCUT2D eigenvalue weighted by Gasteiger charge is -2.52. The maximum Gasteiger partial charge on any atom is 0.364 e. The number of aliphatic hydroxyl groups excluding tert-OH is 13. The van der Waals surface area contributed by atoms with Crippen molar-refractivity contribution in [2.24, 2.45) is 5.73 Å². The molecule has 0 bridgehead atoms. The molecular formula is C35H59N3O26. The zero-order chi connectivity index (χ0) is 47.5. The first-order valence-electron chi connectivity index (χ1n) is 20.1. The van der Waals surface area contributed by atoms with Gasteiger partial charge in [0.05, 0.1) is 44.7 Å². The van der Waals surface area contributed by atoms with Gasteiger partial charge in [-0.3, -0.25) is 9.59 Å². The van der Waals surface area contributed by atoms with Gasteiger partial charge in [0.15, 0.2) is 25.2 Å². The van der Waals surface area contributed by atoms with Gasteiger partial charge in [0.2, 0.25) is 11.8 Å². The molecule has 0 aromatic heterocycles. The van der Waals surface area contributed by atoms with Crippen molar-refractivity contribution in [1.82, 2.24) is 10.6 Å². The molecule has 5 aliphatic rings. The fourth-order valence-corrected chi connectivity index (χ4v) is 8.18. The lowest BCUT2D eigenvalue weighted by molar-refractivity contribution is -0.400. The van der Waals surface area contributed by atoms with Crippen LogP contribution in [0.3, 0.4) is 0 Å². The molecule has 64 heavy (non-hydrogen) atoms. The Kier molecular flexibility index (Phi) is 18.1. The van der Waals surface area contributed by atoms with Crippen LogP contribution in [0, 0.1) is 0 Å². The molecule has 5 saturated heterocycles. The van der Waals surface area contributed by atoms with Crippen LogP contribution in [-0.4, -0.2) is 269 Å². The summed E-state index contributed by atoms with van der Waals surface area (Å²) in [6.45, 7) is -2.45. The maximum absolute atomic E-state index is 13.2. The first kappa shape index (κ1) is 52.5. The highest BCUT2D eigenvalue weighted by atomic mass is 16.8. The van der Waals surface area contributed by atoms with Crippen LogP contribution < -0.4 is 16.4 Å². The van der Waals surface area contributed by atoms with Crippen molar-refractivity contribution in [3.05, 3.63) is 0 Å². The second kappa shape index (κ2) is 22.1. The molecule has 0 aliphatic carbocycles. The Hall–Kier alpha value is -2.51. The van der Waals surface area contributed by atoms with Crippen LogP contribution in [0.2, 0.25) is 0 Å². The van der Waals surface area contributed by atoms with Gasteiger partial charge < -0.3 is 130 Å². The Morgan fingerprint density at radius 3 is 1.62 bits per heavy atom. The number of nitrogens with one attached hydrogen (secondary N) is 2. The summed E-state index contributed by atoms with van der Waals surface area (Å²) in [6.07, 6.45) is -41.5. The molecule has 5 heterocycles. The van der Waals surface area contributed by atoms with Crippen LogP contribution in [-0.2, 0) is 57.0 Å². The van der Waals surface area contributed by atoms with Gasteiger partial charge >= 0.3 is 5.97 Å². The van der Waals surface area contributed by atoms with Crippen molar-refractivity contribution in [2.45, 2.75) is 167 Å². The zero-order valence-corrected chi connectivity index (χ0v) is 34.3. The number of hydrogen-bond donors (Lipinski definition) is 17. The molecule has 5 aliphatic heterocycles. The summed E-state index contributed by atoms with van der Waals surface area (Å²) in [6, 6.07) is -3.09. The Labute approximate surface area is 362 Å². The van der Waals surface area contributed by atoms with Crippen LogP contribution in [0.5, 0.6) is 0 Å². The molecule has 0 aromatic rings. The minimum absolute atomic E-state index is 0.535. The molecule has 5 rings (SSSR count). The molecular weight excluding hydrogens is 878 g/mol. The average molecular weight is 938 g/mol. The van der Waals surface area contributed by atoms with Crippen molar-refractivity contribution in [3.8, 4) is 0 Å². The topological polar surface area (TPSA) is 468 Å². The lowest BCUT2D eigenvalue weighted by Crippen LogP contribution is -2.72. The SMILES string of the molecule is CC(=O)N[C@H]1[C@H](O[C@@H]2[C@H](O[C@]3(C(=O)O)C[C@H](O)[C@@H](NC(C)=O)[C@H](CN)O3)[C@@H](O)[C@H](O[C@H]3[C@H](O)[C@@H](O)[C@H](O)O[C@@H]3CO)O[C@@H]2CO)O[C@H](CO)[C@H](O)[C@@H]1O[C@@H]1O[C@H](CO)[C@H](O)[C@H](O)[C@H]1O. The van der Waals surface area contributed by atoms with E-state index in [0.29, 0.717) is 0 Å². The largest absolute Gasteiger partial charge is 0.477 e. The maximum atomic E-state index is 13.2. The summed E-state index contributed by atoms with van der Waals surface area (Å²) in [7, 11) is 0. The van der Waals surface area contributed by atoms with E-state index in [0.717, 1.165) is 13.8 Å². The van der Waals surface area contributed by atoms with Gasteiger partial charge in [-0.1, -0.05) is 0 Å². The van der Waals surface area contributed by atoms with Gasteiger partial charge in [0, 0.05) is 26.8 Å². The van der Waals surface area contributed by atoms with E-state index in [9.17, 15) is 85.9 Å². The number of aliphatic carboxylic acids is 1. The van der Waals surface area contributed by atoms with Crippen LogP contribution in [0.4, 0.5) is 0 Å². The van der Waals surface area contributed by atoms with Crippen molar-refractivity contribution in [2.75, 3.05) is 33.0 Å². The van der Waals surface area contributed by atoms with E-state index >= 15 is 0 Å². The third-order valence-corrected chi connectivity index (χ3v) is 11.5. The number of aliphatic hydroxyl groups is 13. The molecule has 29 heteroatoms. The highest BCUT2D eigenvalue weighted by Gasteiger charge is 2.61. The van der Waals surface area contributed by atoms with Crippen LogP contribution >= 0.6 is 0 Å². The molecule has 18 N–H and O–H groups in total. The molecule has 29 nitrogen and oxygen atoms in total. The van der Waals surface area contributed by atoms with Gasteiger partial charge in [-0.2, -0.15) is 0 Å². The van der Waals surface area contributed by atoms with E-state index < -0.39 is 204 Å². The zero-order valence-electron chi connectivity index (χ0n) is 34.3. The molecule has 0 aromatic carbocycles. The summed E-state index contributed by atoms with van der Waals surface area (Å²) in [4.78, 5) is 37.9. The van der Waals surface area contributed by atoms with Crippen molar-refractivity contribution in [3.63, 3.8) is 0 Å². The quantitative estimate of drug-likeness (QED) is 0.0683. The number of carboxylic acids is 1. The van der Waals surface area contributed by atoms with E-state index in [4.69, 9.17) is 48.4 Å². The van der Waals surface area contributed by atoms with E-state index in [1.165, 1.54) is 0 Å². The van der Waals surface area contributed by atoms with E-state index in [1.807, 2.05) is 0 Å². The van der Waals surface area contributed by atoms with Crippen molar-refractivity contribution >= 4 is 17.8 Å². The predicted molar refractivity (Wildman–Crippen MR) is 197 cm³/mol. The first-order valence-corrected chi connectivity index (χ1v) is 20.1. The Balaban J connectivity index is 1.57. The lowest BCUT2D eigenvalue weighted by atomic mass is 9.91. The summed E-state index contributed by atoms with van der Waals surface area (Å²) in [5.74, 6) is -6.49. The minimum Gasteiger partial charge on any atom is -0.477 e. The third-order valence-electron chi connectivity index (χ3n) is 11.5. The number of nitrogens with two attached hydrogens (primary N) is 1. The van der Waals surface area contributed by atoms with E-state index in [1.54, 1.807) is 0 Å². The molecule has 370 valence electrons. The first-order chi connectivity index (χ1) is 30.2. The fraction of sp³-hybridized carbons (Fsp3) is 0.914. The number of rotatable bonds is 16. The van der Waals surface area contributed by atoms with Gasteiger partial charge in [-0.15, -0.1) is 0 Å². The normalized spacial score (nSPS) is 47.7. The average Bonchev–Trinajstić information content (AvgIpc) is 3.25. The van der Waals surface area contributed by atoms with Gasteiger partial charge in [0.25, 0.3) is 5.79 Å².